The first kappa shape index (κ1) is 8.57. The molecule has 0 saturated carbocycles. The summed E-state index contributed by atoms with van der Waals surface area (Å²) < 4.78 is 0. The summed E-state index contributed by atoms with van der Waals surface area (Å²) in [6.45, 7) is 1.35. The average molecular weight is 177 g/mol. The van der Waals surface area contributed by atoms with Crippen LogP contribution in [0.2, 0.25) is 0 Å². The van der Waals surface area contributed by atoms with Crippen LogP contribution in [-0.2, 0) is 12.8 Å². The molecule has 1 aromatic carbocycles. The molecule has 0 radical (unpaired) electrons. The van der Waals surface area contributed by atoms with Crippen molar-refractivity contribution in [2.75, 3.05) is 18.5 Å². The minimum atomic E-state index is 0.289. The molecule has 0 unspecified atom stereocenters. The highest BCUT2D eigenvalue weighted by atomic mass is 16.2. The lowest BCUT2D eigenvalue weighted by Crippen LogP contribution is -1.94. The van der Waals surface area contributed by atoms with E-state index in [1.54, 1.807) is 0 Å². The molecule has 0 fully saturated rings. The number of aliphatic hydroxyl groups is 1. The number of nitrogens with one attached hydrogen (secondary N) is 1. The van der Waals surface area contributed by atoms with Gasteiger partial charge in [0.2, 0.25) is 0 Å². The van der Waals surface area contributed by atoms with Crippen LogP contribution in [0.5, 0.6) is 0 Å². The molecule has 2 rings (SSSR count). The SMILES string of the molecule is OCCCc1cccc2c1CCN2. The number of hydrogen-bond donors (Lipinski definition) is 2. The molecule has 0 aliphatic carbocycles. The second-order valence-electron chi connectivity index (χ2n) is 3.45. The van der Waals surface area contributed by atoms with Crippen molar-refractivity contribution in [3.8, 4) is 0 Å². The number of aliphatic hydroxyl groups excluding tert-OH is 1. The Morgan fingerprint density at radius 1 is 1.38 bits per heavy atom. The van der Waals surface area contributed by atoms with Crippen molar-refractivity contribution in [2.24, 2.45) is 0 Å². The van der Waals surface area contributed by atoms with E-state index < -0.39 is 0 Å². The molecule has 2 heteroatoms. The van der Waals surface area contributed by atoms with Crippen LogP contribution >= 0.6 is 0 Å². The number of rotatable bonds is 3. The van der Waals surface area contributed by atoms with Crippen molar-refractivity contribution < 1.29 is 5.11 Å². The van der Waals surface area contributed by atoms with Crippen LogP contribution in [0.15, 0.2) is 18.2 Å². The zero-order valence-corrected chi connectivity index (χ0v) is 7.71. The fraction of sp³-hybridized carbons (Fsp3) is 0.455. The largest absolute Gasteiger partial charge is 0.396 e. The van der Waals surface area contributed by atoms with Crippen molar-refractivity contribution >= 4 is 5.69 Å². The smallest absolute Gasteiger partial charge is 0.0434 e. The first-order valence-corrected chi connectivity index (χ1v) is 4.87. The highest BCUT2D eigenvalue weighted by molar-refractivity contribution is 5.58. The van der Waals surface area contributed by atoms with Gasteiger partial charge in [0.05, 0.1) is 0 Å². The maximum Gasteiger partial charge on any atom is 0.0434 e. The number of hydrogen-bond acceptors (Lipinski definition) is 2. The number of aryl methyl sites for hydroxylation is 1. The molecule has 0 atom stereocenters. The van der Waals surface area contributed by atoms with Gasteiger partial charge < -0.3 is 10.4 Å². The van der Waals surface area contributed by atoms with Crippen LogP contribution < -0.4 is 5.32 Å². The minimum absolute atomic E-state index is 0.289. The molecule has 0 amide bonds. The Kier molecular flexibility index (Phi) is 2.50. The Balaban J connectivity index is 2.20. The number of fused-ring (bicyclic) bond motifs is 1. The lowest BCUT2D eigenvalue weighted by atomic mass is 10.0. The van der Waals surface area contributed by atoms with E-state index in [4.69, 9.17) is 5.11 Å². The predicted octanol–water partition coefficient (Wildman–Crippen LogP) is 1.58. The van der Waals surface area contributed by atoms with E-state index >= 15 is 0 Å². The highest BCUT2D eigenvalue weighted by Crippen LogP contribution is 2.25. The van der Waals surface area contributed by atoms with Crippen LogP contribution in [-0.4, -0.2) is 18.3 Å². The van der Waals surface area contributed by atoms with Gasteiger partial charge in [-0.2, -0.15) is 0 Å². The van der Waals surface area contributed by atoms with Crippen LogP contribution in [0.4, 0.5) is 5.69 Å². The lowest BCUT2D eigenvalue weighted by molar-refractivity contribution is 0.288. The van der Waals surface area contributed by atoms with E-state index in [2.05, 4.69) is 23.5 Å². The van der Waals surface area contributed by atoms with E-state index in [1.807, 2.05) is 0 Å². The topological polar surface area (TPSA) is 32.3 Å². The zero-order valence-electron chi connectivity index (χ0n) is 7.71. The summed E-state index contributed by atoms with van der Waals surface area (Å²) >= 11 is 0. The Morgan fingerprint density at radius 2 is 2.31 bits per heavy atom. The third-order valence-corrected chi connectivity index (χ3v) is 2.57. The van der Waals surface area contributed by atoms with E-state index in [0.717, 1.165) is 25.8 Å². The molecule has 1 aromatic rings. The molecular formula is C11H15NO. The molecule has 1 aliphatic rings. The van der Waals surface area contributed by atoms with Crippen molar-refractivity contribution in [1.29, 1.82) is 0 Å². The summed E-state index contributed by atoms with van der Waals surface area (Å²) in [5, 5.41) is 12.1. The fourth-order valence-corrected chi connectivity index (χ4v) is 1.92. The normalized spacial score (nSPS) is 13.9. The van der Waals surface area contributed by atoms with Crippen LogP contribution in [0.25, 0.3) is 0 Å². The Morgan fingerprint density at radius 3 is 3.15 bits per heavy atom. The summed E-state index contributed by atoms with van der Waals surface area (Å²) in [6.07, 6.45) is 3.01. The van der Waals surface area contributed by atoms with Crippen molar-refractivity contribution in [3.05, 3.63) is 29.3 Å². The molecule has 0 bridgehead atoms. The Bertz CT molecular complexity index is 296. The molecule has 2 nitrogen and oxygen atoms in total. The van der Waals surface area contributed by atoms with Gasteiger partial charge in [0, 0.05) is 18.8 Å². The molecular weight excluding hydrogens is 162 g/mol. The molecule has 0 aromatic heterocycles. The monoisotopic (exact) mass is 177 g/mol. The molecule has 1 aliphatic heterocycles. The third-order valence-electron chi connectivity index (χ3n) is 2.57. The summed E-state index contributed by atoms with van der Waals surface area (Å²) in [5.41, 5.74) is 4.14. The van der Waals surface area contributed by atoms with E-state index in [1.165, 1.54) is 16.8 Å². The summed E-state index contributed by atoms with van der Waals surface area (Å²) in [5.74, 6) is 0. The molecule has 70 valence electrons. The number of anilines is 1. The van der Waals surface area contributed by atoms with Gasteiger partial charge in [-0.1, -0.05) is 12.1 Å². The van der Waals surface area contributed by atoms with E-state index in [0.29, 0.717) is 0 Å². The van der Waals surface area contributed by atoms with Gasteiger partial charge in [-0.3, -0.25) is 0 Å². The van der Waals surface area contributed by atoms with Crippen molar-refractivity contribution in [2.45, 2.75) is 19.3 Å². The molecule has 0 saturated heterocycles. The van der Waals surface area contributed by atoms with Crippen LogP contribution in [0.1, 0.15) is 17.5 Å². The van der Waals surface area contributed by atoms with Gasteiger partial charge >= 0.3 is 0 Å². The van der Waals surface area contributed by atoms with Crippen LogP contribution in [0, 0.1) is 0 Å². The van der Waals surface area contributed by atoms with Crippen LogP contribution in [0.3, 0.4) is 0 Å². The van der Waals surface area contributed by atoms with Gasteiger partial charge in [-0.05, 0) is 36.5 Å². The fourth-order valence-electron chi connectivity index (χ4n) is 1.92. The standard InChI is InChI=1S/C11H15NO/c13-8-2-4-9-3-1-5-11-10(9)6-7-12-11/h1,3,5,12-13H,2,4,6-8H2. The van der Waals surface area contributed by atoms with Crippen molar-refractivity contribution in [1.82, 2.24) is 0 Å². The second kappa shape index (κ2) is 3.79. The van der Waals surface area contributed by atoms with Gasteiger partial charge in [-0.25, -0.2) is 0 Å². The van der Waals surface area contributed by atoms with E-state index in [9.17, 15) is 0 Å². The summed E-state index contributed by atoms with van der Waals surface area (Å²) in [6, 6.07) is 6.39. The lowest BCUT2D eigenvalue weighted by Gasteiger charge is -2.06. The van der Waals surface area contributed by atoms with Gasteiger partial charge in [0.25, 0.3) is 0 Å². The molecule has 2 N–H and O–H groups in total. The first-order chi connectivity index (χ1) is 6.42. The van der Waals surface area contributed by atoms with Gasteiger partial charge in [0.1, 0.15) is 0 Å². The highest BCUT2D eigenvalue weighted by Gasteiger charge is 2.12. The van der Waals surface area contributed by atoms with Gasteiger partial charge in [-0.15, -0.1) is 0 Å². The minimum Gasteiger partial charge on any atom is -0.396 e. The predicted molar refractivity (Wildman–Crippen MR) is 54.0 cm³/mol. The first-order valence-electron chi connectivity index (χ1n) is 4.87. The summed E-state index contributed by atoms with van der Waals surface area (Å²) in [7, 11) is 0. The van der Waals surface area contributed by atoms with E-state index in [-0.39, 0.29) is 6.61 Å². The Labute approximate surface area is 78.6 Å². The molecule has 1 heterocycles. The molecule has 0 spiro atoms. The maximum absolute atomic E-state index is 8.76. The number of benzene rings is 1. The Hall–Kier alpha value is -1.02. The second-order valence-corrected chi connectivity index (χ2v) is 3.45. The summed E-state index contributed by atoms with van der Waals surface area (Å²) in [4.78, 5) is 0. The quantitative estimate of drug-likeness (QED) is 0.734. The third kappa shape index (κ3) is 1.68. The molecule has 13 heavy (non-hydrogen) atoms. The average Bonchev–Trinajstić information content (AvgIpc) is 2.62. The van der Waals surface area contributed by atoms with Crippen molar-refractivity contribution in [3.63, 3.8) is 0 Å². The zero-order chi connectivity index (χ0) is 9.10. The van der Waals surface area contributed by atoms with Gasteiger partial charge in [0.15, 0.2) is 0 Å². The maximum atomic E-state index is 8.76.